The Hall–Kier alpha value is -3.13. The van der Waals surface area contributed by atoms with Gasteiger partial charge in [-0.2, -0.15) is 4.99 Å². The highest BCUT2D eigenvalue weighted by molar-refractivity contribution is 8.18. The molecule has 4 saturated carbocycles. The van der Waals surface area contributed by atoms with Crippen molar-refractivity contribution in [2.45, 2.75) is 63.2 Å². The zero-order valence-electron chi connectivity index (χ0n) is 22.0. The molecule has 7 nitrogen and oxygen atoms in total. The fourth-order valence-electron chi connectivity index (χ4n) is 8.31. The Morgan fingerprint density at radius 1 is 1.03 bits per heavy atom. The van der Waals surface area contributed by atoms with E-state index in [4.69, 9.17) is 0 Å². The van der Waals surface area contributed by atoms with Crippen molar-refractivity contribution < 1.29 is 14.8 Å². The summed E-state index contributed by atoms with van der Waals surface area (Å²) in [5, 5.41) is 23.9. The van der Waals surface area contributed by atoms with Crippen molar-refractivity contribution in [3.05, 3.63) is 62.5 Å². The van der Waals surface area contributed by atoms with E-state index in [0.29, 0.717) is 33.8 Å². The third-order valence-corrected chi connectivity index (χ3v) is 10.7. The Morgan fingerprint density at radius 2 is 1.72 bits per heavy atom. The first-order valence-corrected chi connectivity index (χ1v) is 15.1. The molecule has 8 heteroatoms. The second-order valence-corrected chi connectivity index (χ2v) is 13.3. The number of piperidine rings is 1. The van der Waals surface area contributed by atoms with Gasteiger partial charge >= 0.3 is 5.69 Å². The van der Waals surface area contributed by atoms with Gasteiger partial charge in [-0.3, -0.25) is 14.9 Å². The van der Waals surface area contributed by atoms with Crippen LogP contribution in [-0.2, 0) is 10.2 Å². The molecule has 1 amide bonds. The molecule has 2 heterocycles. The summed E-state index contributed by atoms with van der Waals surface area (Å²) in [5.74, 6) is 1.61. The summed E-state index contributed by atoms with van der Waals surface area (Å²) in [6.07, 6.45) is 12.4. The molecule has 0 atom stereocenters. The number of carbonyl (C=O) groups excluding carboxylic acids is 1. The molecule has 4 aliphatic carbocycles. The first kappa shape index (κ1) is 24.9. The number of benzene rings is 2. The molecule has 2 aromatic carbocycles. The Labute approximate surface area is 232 Å². The number of nitrogens with zero attached hydrogens (tertiary/aromatic N) is 3. The van der Waals surface area contributed by atoms with Gasteiger partial charge in [0.05, 0.1) is 9.83 Å². The van der Waals surface area contributed by atoms with Gasteiger partial charge in [0.2, 0.25) is 5.75 Å². The van der Waals surface area contributed by atoms with Crippen LogP contribution in [-0.4, -0.2) is 39.1 Å². The molecule has 1 N–H and O–H groups in total. The van der Waals surface area contributed by atoms with Crippen molar-refractivity contribution in [2.75, 3.05) is 13.1 Å². The number of thioether (sulfide) groups is 1. The molecule has 0 aromatic heterocycles. The molecule has 0 spiro atoms. The van der Waals surface area contributed by atoms with Crippen LogP contribution >= 0.6 is 11.8 Å². The number of phenols is 1. The van der Waals surface area contributed by atoms with Crippen molar-refractivity contribution in [1.29, 1.82) is 0 Å². The lowest BCUT2D eigenvalue weighted by atomic mass is 9.48. The van der Waals surface area contributed by atoms with E-state index in [1.165, 1.54) is 37.4 Å². The quantitative estimate of drug-likeness (QED) is 0.256. The highest BCUT2D eigenvalue weighted by atomic mass is 32.2. The molecule has 0 radical (unpaired) electrons. The molecule has 202 valence electrons. The van der Waals surface area contributed by atoms with Gasteiger partial charge in [0.25, 0.3) is 5.91 Å². The number of nitro benzene ring substituents is 1. The maximum absolute atomic E-state index is 12.7. The summed E-state index contributed by atoms with van der Waals surface area (Å²) in [4.78, 5) is 31.4. The first-order valence-electron chi connectivity index (χ1n) is 14.3. The average Bonchev–Trinajstić information content (AvgIpc) is 3.28. The highest BCUT2D eigenvalue weighted by Gasteiger charge is 2.52. The minimum absolute atomic E-state index is 0.0311. The molecule has 8 rings (SSSR count). The zero-order chi connectivity index (χ0) is 26.7. The van der Waals surface area contributed by atoms with Gasteiger partial charge in [-0.15, -0.1) is 0 Å². The number of phenolic OH excluding ortho intramolecular Hbond substituents is 1. The van der Waals surface area contributed by atoms with Gasteiger partial charge in [0, 0.05) is 24.7 Å². The smallest absolute Gasteiger partial charge is 0.311 e. The van der Waals surface area contributed by atoms with Gasteiger partial charge < -0.3 is 10.0 Å². The lowest BCUT2D eigenvalue weighted by Crippen LogP contribution is -2.48. The summed E-state index contributed by atoms with van der Waals surface area (Å²) in [7, 11) is 0. The molecule has 0 unspecified atom stereocenters. The number of hydrogen-bond acceptors (Lipinski definition) is 6. The van der Waals surface area contributed by atoms with Crippen LogP contribution in [0.2, 0.25) is 0 Å². The Morgan fingerprint density at radius 3 is 2.38 bits per heavy atom. The topological polar surface area (TPSA) is 96.0 Å². The molecule has 39 heavy (non-hydrogen) atoms. The lowest BCUT2D eigenvalue weighted by Gasteiger charge is -2.57. The van der Waals surface area contributed by atoms with Gasteiger partial charge in [-0.05, 0) is 128 Å². The van der Waals surface area contributed by atoms with Crippen LogP contribution in [0.5, 0.6) is 5.75 Å². The van der Waals surface area contributed by atoms with Gasteiger partial charge in [0.15, 0.2) is 5.17 Å². The Balaban J connectivity index is 1.23. The first-order chi connectivity index (χ1) is 18.9. The molecule has 2 aliphatic heterocycles. The van der Waals surface area contributed by atoms with E-state index in [0.717, 1.165) is 61.5 Å². The number of likely N-dealkylation sites (tertiary alicyclic amines) is 1. The number of aromatic hydroxyl groups is 1. The Bertz CT molecular complexity index is 1390. The number of amides is 1. The predicted octanol–water partition coefficient (Wildman–Crippen LogP) is 6.89. The monoisotopic (exact) mass is 543 g/mol. The molecule has 5 fully saturated rings. The third-order valence-electron chi connectivity index (χ3n) is 9.67. The van der Waals surface area contributed by atoms with E-state index in [2.05, 4.69) is 9.89 Å². The number of carbonyl (C=O) groups is 1. The summed E-state index contributed by atoms with van der Waals surface area (Å²) >= 11 is 1.41. The Kier molecular flexibility index (Phi) is 6.06. The minimum Gasteiger partial charge on any atom is -0.502 e. The largest absolute Gasteiger partial charge is 0.502 e. The molecule has 6 aliphatic rings. The summed E-state index contributed by atoms with van der Waals surface area (Å²) in [6, 6.07) is 11.2. The van der Waals surface area contributed by atoms with Gasteiger partial charge in [0.1, 0.15) is 0 Å². The summed E-state index contributed by atoms with van der Waals surface area (Å²) < 4.78 is 0. The summed E-state index contributed by atoms with van der Waals surface area (Å²) in [6.45, 7) is 1.86. The van der Waals surface area contributed by atoms with E-state index in [9.17, 15) is 20.0 Å². The van der Waals surface area contributed by atoms with E-state index >= 15 is 0 Å². The van der Waals surface area contributed by atoms with Crippen LogP contribution in [0.25, 0.3) is 17.2 Å². The molecular weight excluding hydrogens is 510 g/mol. The van der Waals surface area contributed by atoms with Crippen molar-refractivity contribution in [3.8, 4) is 16.9 Å². The van der Waals surface area contributed by atoms with Crippen molar-refractivity contribution in [3.63, 3.8) is 0 Å². The molecule has 1 saturated heterocycles. The highest BCUT2D eigenvalue weighted by Crippen LogP contribution is 2.61. The second kappa shape index (κ2) is 9.51. The normalized spacial score (nSPS) is 30.7. The van der Waals surface area contributed by atoms with Gasteiger partial charge in [-0.1, -0.05) is 18.2 Å². The van der Waals surface area contributed by atoms with Crippen LogP contribution < -0.4 is 0 Å². The second-order valence-electron chi connectivity index (χ2n) is 12.3. The van der Waals surface area contributed by atoms with E-state index in [1.807, 2.05) is 36.4 Å². The van der Waals surface area contributed by atoms with Gasteiger partial charge in [-0.25, -0.2) is 0 Å². The van der Waals surface area contributed by atoms with Crippen LogP contribution in [0.3, 0.4) is 0 Å². The summed E-state index contributed by atoms with van der Waals surface area (Å²) in [5.41, 5.74) is 2.76. The van der Waals surface area contributed by atoms with Crippen molar-refractivity contribution in [2.24, 2.45) is 22.7 Å². The number of rotatable bonds is 4. The van der Waals surface area contributed by atoms with Crippen LogP contribution in [0.4, 0.5) is 5.69 Å². The zero-order valence-corrected chi connectivity index (χ0v) is 22.8. The number of hydrogen-bond donors (Lipinski definition) is 1. The van der Waals surface area contributed by atoms with E-state index < -0.39 is 4.92 Å². The number of amidine groups is 1. The molecule has 2 aromatic rings. The molecule has 4 bridgehead atoms. The van der Waals surface area contributed by atoms with E-state index in [1.54, 1.807) is 6.07 Å². The standard InChI is InChI=1S/C31H33N3O4S/c35-28-25(14-24(15-26(28)34(37)38)31-16-20-9-21(17-31)11-22(10-20)18-31)23-6-4-5-19(12-23)13-27-29(36)32-30(39-27)33-7-2-1-3-8-33/h4-6,12-15,20-22,35H,1-3,7-11,16-18H2/b27-13-. The SMILES string of the molecule is O=C1N=C(N2CCCCC2)S/C1=C\c1cccc(-c2cc(C34CC5CC(CC(C5)C3)C4)cc([N+](=O)[O-])c2O)c1. The maximum atomic E-state index is 12.7. The number of aliphatic imine (C=N–C) groups is 1. The molecular formula is C31H33N3O4S. The average molecular weight is 544 g/mol. The third kappa shape index (κ3) is 4.46. The maximum Gasteiger partial charge on any atom is 0.311 e. The fraction of sp³-hybridized carbons (Fsp3) is 0.484. The lowest BCUT2D eigenvalue weighted by molar-refractivity contribution is -0.385. The van der Waals surface area contributed by atoms with Crippen molar-refractivity contribution in [1.82, 2.24) is 4.90 Å². The number of nitro groups is 1. The van der Waals surface area contributed by atoms with Crippen molar-refractivity contribution >= 4 is 34.6 Å². The minimum atomic E-state index is -0.456. The fourth-order valence-corrected chi connectivity index (χ4v) is 9.28. The van der Waals surface area contributed by atoms with Crippen LogP contribution in [0.15, 0.2) is 46.3 Å². The van der Waals surface area contributed by atoms with Crippen LogP contribution in [0.1, 0.15) is 68.9 Å². The van der Waals surface area contributed by atoms with E-state index in [-0.39, 0.29) is 22.8 Å². The predicted molar refractivity (Wildman–Crippen MR) is 153 cm³/mol. The van der Waals surface area contributed by atoms with Crippen LogP contribution in [0, 0.1) is 27.9 Å².